The Hall–Kier alpha value is -3.45. The number of likely N-dealkylation sites (N-methyl/N-ethyl adjacent to an activating group) is 1. The third kappa shape index (κ3) is 4.40. The Balaban J connectivity index is 1.59. The fourth-order valence-electron chi connectivity index (χ4n) is 7.31. The molecule has 0 bridgehead atoms. The molecule has 2 fully saturated rings. The molecule has 222 valence electrons. The lowest BCUT2D eigenvalue weighted by Gasteiger charge is -2.51. The number of ketones is 1. The summed E-state index contributed by atoms with van der Waals surface area (Å²) in [4.78, 5) is 29.9. The number of hydrogen-bond donors (Lipinski definition) is 6. The number of aliphatic hydroxyl groups is 3. The first-order valence-electron chi connectivity index (χ1n) is 13.7. The highest BCUT2D eigenvalue weighted by atomic mass is 16.5. The predicted octanol–water partition coefficient (Wildman–Crippen LogP) is 0.892. The number of methoxy groups -OCH3 is 1. The monoisotopic (exact) mass is 570 g/mol. The van der Waals surface area contributed by atoms with Crippen molar-refractivity contribution in [1.82, 2.24) is 9.80 Å². The van der Waals surface area contributed by atoms with Crippen molar-refractivity contribution >= 4 is 23.2 Å². The Morgan fingerprint density at radius 2 is 1.98 bits per heavy atom. The number of phenolic OH excluding ortho intramolecular Hbond substituents is 1. The van der Waals surface area contributed by atoms with Crippen molar-refractivity contribution in [1.29, 1.82) is 5.41 Å². The maximum atomic E-state index is 14.0. The molecule has 1 aliphatic heterocycles. The minimum atomic E-state index is -2.52. The van der Waals surface area contributed by atoms with E-state index >= 15 is 0 Å². The smallest absolute Gasteiger partial charge is 0.254 e. The molecule has 3 aliphatic carbocycles. The number of carbonyl (C=O) groups is 2. The van der Waals surface area contributed by atoms with E-state index in [1.165, 1.54) is 13.2 Å². The van der Waals surface area contributed by atoms with E-state index in [1.54, 1.807) is 19.0 Å². The standard InChI is InChI=1S/C29H38N4O8/c1-32(2)22-17-8-14-7-16-20(18(34)9-15(25(16)40-4)11-33(3)10-13-5-6-41-12-13)23(35)19(14)27(37)29(17,39)26(30)21(24(22)36)28(31)38/h9,13-14,17,22,30,34-36,39H,5-8,10-12H2,1-4H3,(H2,31,38)/t13?,14-,17-,22-,29+/m0/s1. The van der Waals surface area contributed by atoms with Crippen molar-refractivity contribution in [3.05, 3.63) is 39.7 Å². The zero-order valence-corrected chi connectivity index (χ0v) is 23.7. The van der Waals surface area contributed by atoms with Crippen LogP contribution in [0, 0.1) is 23.2 Å². The van der Waals surface area contributed by atoms with E-state index < -0.39 is 58.0 Å². The van der Waals surface area contributed by atoms with Crippen molar-refractivity contribution in [3.63, 3.8) is 0 Å². The van der Waals surface area contributed by atoms with Gasteiger partial charge in [-0.25, -0.2) is 0 Å². The van der Waals surface area contributed by atoms with Crippen LogP contribution in [-0.4, -0.2) is 107 Å². The number of nitrogens with one attached hydrogen (secondary N) is 1. The van der Waals surface area contributed by atoms with Crippen LogP contribution in [0.5, 0.6) is 11.5 Å². The Bertz CT molecular complexity index is 1380. The molecule has 5 atom stereocenters. The molecule has 12 heteroatoms. The van der Waals surface area contributed by atoms with E-state index in [9.17, 15) is 30.0 Å². The van der Waals surface area contributed by atoms with E-state index in [0.717, 1.165) is 25.1 Å². The van der Waals surface area contributed by atoms with Crippen LogP contribution in [-0.2, 0) is 27.3 Å². The second-order valence-corrected chi connectivity index (χ2v) is 11.9. The summed E-state index contributed by atoms with van der Waals surface area (Å²) >= 11 is 0. The largest absolute Gasteiger partial charge is 0.510 e. The molecule has 1 saturated heterocycles. The van der Waals surface area contributed by atoms with Gasteiger partial charge in [-0.2, -0.15) is 0 Å². The Labute approximate surface area is 238 Å². The number of nitrogens with two attached hydrogens (primary N) is 1. The van der Waals surface area contributed by atoms with E-state index in [-0.39, 0.29) is 29.7 Å². The van der Waals surface area contributed by atoms with Crippen LogP contribution in [0.4, 0.5) is 0 Å². The lowest BCUT2D eigenvalue weighted by molar-refractivity contribution is -0.138. The third-order valence-electron chi connectivity index (χ3n) is 9.04. The molecule has 1 amide bonds. The van der Waals surface area contributed by atoms with Crippen molar-refractivity contribution in [2.75, 3.05) is 48.0 Å². The summed E-state index contributed by atoms with van der Waals surface area (Å²) in [6.07, 6.45) is 1.29. The molecule has 0 radical (unpaired) electrons. The van der Waals surface area contributed by atoms with Crippen LogP contribution in [0.3, 0.4) is 0 Å². The zero-order valence-electron chi connectivity index (χ0n) is 23.7. The molecular weight excluding hydrogens is 532 g/mol. The van der Waals surface area contributed by atoms with Gasteiger partial charge in [0.2, 0.25) is 5.78 Å². The van der Waals surface area contributed by atoms with Gasteiger partial charge in [0.25, 0.3) is 5.91 Å². The molecule has 1 heterocycles. The lowest BCUT2D eigenvalue weighted by atomic mass is 9.56. The number of fused-ring (bicyclic) bond motifs is 3. The summed E-state index contributed by atoms with van der Waals surface area (Å²) in [7, 11) is 6.74. The van der Waals surface area contributed by atoms with E-state index in [4.69, 9.17) is 20.6 Å². The third-order valence-corrected chi connectivity index (χ3v) is 9.04. The number of nitrogens with zero attached hydrogens (tertiary/aromatic N) is 2. The highest BCUT2D eigenvalue weighted by molar-refractivity contribution is 6.33. The summed E-state index contributed by atoms with van der Waals surface area (Å²) in [5.41, 5.74) is 2.68. The summed E-state index contributed by atoms with van der Waals surface area (Å²) in [6, 6.07) is 0.526. The molecule has 1 unspecified atom stereocenters. The maximum Gasteiger partial charge on any atom is 0.254 e. The molecule has 0 aromatic heterocycles. The minimum Gasteiger partial charge on any atom is -0.510 e. The van der Waals surface area contributed by atoms with Gasteiger partial charge in [0.1, 0.15) is 28.6 Å². The summed E-state index contributed by atoms with van der Waals surface area (Å²) in [6.45, 7) is 2.73. The fourth-order valence-corrected chi connectivity index (χ4v) is 7.31. The number of primary amides is 1. The second kappa shape index (κ2) is 10.4. The molecule has 4 aliphatic rings. The highest BCUT2D eigenvalue weighted by Gasteiger charge is 2.63. The highest BCUT2D eigenvalue weighted by Crippen LogP contribution is 2.53. The number of benzene rings is 1. The number of carbonyl (C=O) groups excluding carboxylic acids is 2. The van der Waals surface area contributed by atoms with Gasteiger partial charge in [0.05, 0.1) is 31.0 Å². The number of ether oxygens (including phenoxy) is 2. The van der Waals surface area contributed by atoms with E-state index in [0.29, 0.717) is 30.4 Å². The van der Waals surface area contributed by atoms with E-state index in [2.05, 4.69) is 4.90 Å². The van der Waals surface area contributed by atoms with Crippen LogP contribution in [0.1, 0.15) is 29.5 Å². The van der Waals surface area contributed by atoms with Crippen LogP contribution < -0.4 is 10.5 Å². The van der Waals surface area contributed by atoms with Crippen molar-refractivity contribution < 1.29 is 39.5 Å². The quantitative estimate of drug-likeness (QED) is 0.275. The Morgan fingerprint density at radius 1 is 1.27 bits per heavy atom. The van der Waals surface area contributed by atoms with Crippen molar-refractivity contribution in [3.8, 4) is 11.5 Å². The number of amides is 1. The fraction of sp³-hybridized carbons (Fsp3) is 0.552. The number of hydrogen-bond acceptors (Lipinski definition) is 11. The van der Waals surface area contributed by atoms with Gasteiger partial charge < -0.3 is 45.9 Å². The van der Waals surface area contributed by atoms with Crippen molar-refractivity contribution in [2.45, 2.75) is 37.5 Å². The van der Waals surface area contributed by atoms with E-state index in [1.807, 2.05) is 7.05 Å². The Morgan fingerprint density at radius 3 is 2.56 bits per heavy atom. The van der Waals surface area contributed by atoms with Gasteiger partial charge in [-0.3, -0.25) is 14.5 Å². The molecule has 41 heavy (non-hydrogen) atoms. The average Bonchev–Trinajstić information content (AvgIpc) is 3.38. The number of phenols is 1. The summed E-state index contributed by atoms with van der Waals surface area (Å²) in [5.74, 6) is -4.03. The summed E-state index contributed by atoms with van der Waals surface area (Å²) in [5, 5.41) is 53.9. The molecule has 1 saturated carbocycles. The lowest BCUT2D eigenvalue weighted by Crippen LogP contribution is -2.67. The molecule has 1 aromatic carbocycles. The van der Waals surface area contributed by atoms with Gasteiger partial charge in [-0.15, -0.1) is 0 Å². The molecule has 0 spiro atoms. The molecule has 7 N–H and O–H groups in total. The topological polar surface area (TPSA) is 190 Å². The number of aliphatic hydroxyl groups excluding tert-OH is 2. The Kier molecular flexibility index (Phi) is 7.39. The first-order chi connectivity index (χ1) is 19.3. The van der Waals surface area contributed by atoms with Gasteiger partial charge in [0, 0.05) is 42.3 Å². The van der Waals surface area contributed by atoms with Crippen LogP contribution in [0.2, 0.25) is 0 Å². The van der Waals surface area contributed by atoms with Crippen molar-refractivity contribution in [2.24, 2.45) is 23.5 Å². The van der Waals surface area contributed by atoms with Crippen LogP contribution >= 0.6 is 0 Å². The number of Topliss-reactive ketones (excluding diaryl/α,β-unsaturated/α-hetero) is 1. The average molecular weight is 571 g/mol. The zero-order chi connectivity index (χ0) is 30.0. The van der Waals surface area contributed by atoms with Crippen LogP contribution in [0.15, 0.2) is 23.0 Å². The first-order valence-corrected chi connectivity index (χ1v) is 13.7. The molecule has 5 rings (SSSR count). The molecule has 12 nitrogen and oxygen atoms in total. The van der Waals surface area contributed by atoms with Gasteiger partial charge in [0.15, 0.2) is 5.60 Å². The van der Waals surface area contributed by atoms with Gasteiger partial charge >= 0.3 is 0 Å². The second-order valence-electron chi connectivity index (χ2n) is 11.9. The first kappa shape index (κ1) is 29.1. The maximum absolute atomic E-state index is 14.0. The molecule has 1 aromatic rings. The SMILES string of the molecule is COc1c(CN(C)CC2CCOC2)cc(O)c2c1C[C@H]1C[C@H]3[C@H](N(C)C)C(O)=C(C(N)=O)C(=N)[C@@]3(O)C(=O)C1=C2O. The van der Waals surface area contributed by atoms with Gasteiger partial charge in [-0.1, -0.05) is 0 Å². The number of rotatable bonds is 7. The predicted molar refractivity (Wildman–Crippen MR) is 149 cm³/mol. The van der Waals surface area contributed by atoms with Gasteiger partial charge in [-0.05, 0) is 58.3 Å². The van der Waals surface area contributed by atoms with Crippen LogP contribution in [0.25, 0.3) is 5.76 Å². The minimum absolute atomic E-state index is 0.0408. The summed E-state index contributed by atoms with van der Waals surface area (Å²) < 4.78 is 11.3. The molecular formula is C29H38N4O8. The number of aromatic hydroxyl groups is 1. The normalized spacial score (nSPS) is 29.6.